The van der Waals surface area contributed by atoms with Gasteiger partial charge in [-0.3, -0.25) is 9.89 Å². The van der Waals surface area contributed by atoms with Gasteiger partial charge in [0.1, 0.15) is 11.4 Å². The fourth-order valence-corrected chi connectivity index (χ4v) is 2.56. The van der Waals surface area contributed by atoms with E-state index in [9.17, 15) is 18.0 Å². The van der Waals surface area contributed by atoms with E-state index in [-0.39, 0.29) is 12.2 Å². The number of halogens is 3. The van der Waals surface area contributed by atoms with E-state index in [0.717, 1.165) is 23.4 Å². The second-order valence-corrected chi connectivity index (χ2v) is 6.00. The van der Waals surface area contributed by atoms with Gasteiger partial charge in [0, 0.05) is 12.1 Å². The third-order valence-electron chi connectivity index (χ3n) is 4.02. The topological polar surface area (TPSA) is 67.0 Å². The molecule has 8 heteroatoms. The molecule has 1 heterocycles. The van der Waals surface area contributed by atoms with E-state index in [0.29, 0.717) is 17.9 Å². The third-order valence-corrected chi connectivity index (χ3v) is 4.02. The predicted molar refractivity (Wildman–Crippen MR) is 97.8 cm³/mol. The largest absolute Gasteiger partial charge is 0.494 e. The van der Waals surface area contributed by atoms with Crippen LogP contribution in [0.2, 0.25) is 0 Å². The molecule has 2 N–H and O–H groups in total. The van der Waals surface area contributed by atoms with Gasteiger partial charge in [-0.1, -0.05) is 12.1 Å². The van der Waals surface area contributed by atoms with Crippen molar-refractivity contribution >= 4 is 5.91 Å². The molecule has 0 radical (unpaired) electrons. The highest BCUT2D eigenvalue weighted by atomic mass is 19.4. The maximum atomic E-state index is 12.6. The van der Waals surface area contributed by atoms with Crippen LogP contribution in [0.25, 0.3) is 11.3 Å². The third kappa shape index (κ3) is 4.70. The number of alkyl halides is 3. The number of H-pyrrole nitrogens is 1. The first kappa shape index (κ1) is 19.5. The van der Waals surface area contributed by atoms with Crippen LogP contribution in [0.4, 0.5) is 13.2 Å². The number of aromatic amines is 1. The van der Waals surface area contributed by atoms with Gasteiger partial charge in [-0.05, 0) is 55.0 Å². The van der Waals surface area contributed by atoms with E-state index in [1.54, 1.807) is 6.07 Å². The lowest BCUT2D eigenvalue weighted by atomic mass is 10.1. The maximum absolute atomic E-state index is 12.6. The van der Waals surface area contributed by atoms with Crippen LogP contribution in [0.5, 0.6) is 5.75 Å². The molecule has 5 nitrogen and oxygen atoms in total. The summed E-state index contributed by atoms with van der Waals surface area (Å²) in [5.41, 5.74) is 1.52. The number of benzene rings is 2. The molecule has 2 aromatic carbocycles. The van der Waals surface area contributed by atoms with Crippen LogP contribution in [0.15, 0.2) is 54.6 Å². The maximum Gasteiger partial charge on any atom is 0.416 e. The summed E-state index contributed by atoms with van der Waals surface area (Å²) in [7, 11) is 0. The Bertz CT molecular complexity index is 933. The van der Waals surface area contributed by atoms with Crippen LogP contribution < -0.4 is 10.1 Å². The lowest BCUT2D eigenvalue weighted by Gasteiger charge is -2.08. The number of nitrogens with zero attached hydrogens (tertiary/aromatic N) is 1. The van der Waals surface area contributed by atoms with Crippen LogP contribution in [-0.2, 0) is 12.7 Å². The van der Waals surface area contributed by atoms with Crippen LogP contribution in [0, 0.1) is 0 Å². The summed E-state index contributed by atoms with van der Waals surface area (Å²) < 4.78 is 43.1. The summed E-state index contributed by atoms with van der Waals surface area (Å²) in [4.78, 5) is 12.2. The summed E-state index contributed by atoms with van der Waals surface area (Å²) in [5.74, 6) is 0.348. The molecule has 0 saturated heterocycles. The number of rotatable bonds is 6. The number of hydrogen-bond acceptors (Lipinski definition) is 3. The zero-order valence-corrected chi connectivity index (χ0v) is 15.0. The molecule has 0 saturated carbocycles. The molecular formula is C20H18F3N3O2. The van der Waals surface area contributed by atoms with Gasteiger partial charge in [0.05, 0.1) is 17.9 Å². The summed E-state index contributed by atoms with van der Waals surface area (Å²) in [6.45, 7) is 2.58. The van der Waals surface area contributed by atoms with Crippen molar-refractivity contribution in [2.75, 3.05) is 6.61 Å². The number of carbonyl (C=O) groups is 1. The van der Waals surface area contributed by atoms with E-state index in [1.165, 1.54) is 12.1 Å². The molecule has 0 bridgehead atoms. The lowest BCUT2D eigenvalue weighted by Crippen LogP contribution is -2.23. The molecular weight excluding hydrogens is 371 g/mol. The highest BCUT2D eigenvalue weighted by molar-refractivity contribution is 5.93. The number of hydrogen-bond donors (Lipinski definition) is 2. The Balaban J connectivity index is 1.61. The first-order valence-corrected chi connectivity index (χ1v) is 8.60. The van der Waals surface area contributed by atoms with Gasteiger partial charge in [0.15, 0.2) is 0 Å². The number of aromatic nitrogens is 2. The standard InChI is InChI=1S/C20H18F3N3O2/c1-2-28-16-9-5-14(6-10-16)17-11-18(26-25-17)19(27)24-12-13-3-7-15(8-4-13)20(21,22)23/h3-11H,2,12H2,1H3,(H,24,27)(H,25,26). The Hall–Kier alpha value is -3.29. The zero-order chi connectivity index (χ0) is 20.1. The van der Waals surface area contributed by atoms with Crippen LogP contribution in [0.1, 0.15) is 28.5 Å². The lowest BCUT2D eigenvalue weighted by molar-refractivity contribution is -0.137. The summed E-state index contributed by atoms with van der Waals surface area (Å²) in [5, 5.41) is 9.44. The van der Waals surface area contributed by atoms with Gasteiger partial charge in [-0.2, -0.15) is 18.3 Å². The summed E-state index contributed by atoms with van der Waals surface area (Å²) in [6, 6.07) is 13.6. The monoisotopic (exact) mass is 389 g/mol. The predicted octanol–water partition coefficient (Wildman–Crippen LogP) is 4.42. The SMILES string of the molecule is CCOc1ccc(-c2cc(C(=O)NCc3ccc(C(F)(F)F)cc3)[nH]n2)cc1. The molecule has 0 aliphatic rings. The van der Waals surface area contributed by atoms with Crippen molar-refractivity contribution in [3.05, 3.63) is 71.4 Å². The molecule has 0 spiro atoms. The quantitative estimate of drug-likeness (QED) is 0.656. The molecule has 0 fully saturated rings. The Morgan fingerprint density at radius 1 is 1.11 bits per heavy atom. The Morgan fingerprint density at radius 3 is 2.39 bits per heavy atom. The van der Waals surface area contributed by atoms with Crippen molar-refractivity contribution < 1.29 is 22.7 Å². The average molecular weight is 389 g/mol. The minimum Gasteiger partial charge on any atom is -0.494 e. The molecule has 146 valence electrons. The smallest absolute Gasteiger partial charge is 0.416 e. The van der Waals surface area contributed by atoms with E-state index in [2.05, 4.69) is 15.5 Å². The molecule has 0 aliphatic carbocycles. The number of amides is 1. The van der Waals surface area contributed by atoms with Gasteiger partial charge in [-0.25, -0.2) is 0 Å². The van der Waals surface area contributed by atoms with Gasteiger partial charge < -0.3 is 10.1 Å². The van der Waals surface area contributed by atoms with Gasteiger partial charge >= 0.3 is 6.18 Å². The van der Waals surface area contributed by atoms with Crippen LogP contribution in [-0.4, -0.2) is 22.7 Å². The fraction of sp³-hybridized carbons (Fsp3) is 0.200. The van der Waals surface area contributed by atoms with Crippen molar-refractivity contribution in [3.8, 4) is 17.0 Å². The minimum atomic E-state index is -4.38. The highest BCUT2D eigenvalue weighted by Gasteiger charge is 2.29. The Kier molecular flexibility index (Phi) is 5.67. The normalized spacial score (nSPS) is 11.3. The highest BCUT2D eigenvalue weighted by Crippen LogP contribution is 2.29. The van der Waals surface area contributed by atoms with Crippen LogP contribution >= 0.6 is 0 Å². The molecule has 0 atom stereocenters. The van der Waals surface area contributed by atoms with Crippen molar-refractivity contribution in [2.45, 2.75) is 19.6 Å². The zero-order valence-electron chi connectivity index (χ0n) is 15.0. The number of nitrogens with one attached hydrogen (secondary N) is 2. The molecule has 28 heavy (non-hydrogen) atoms. The van der Waals surface area contributed by atoms with E-state index in [4.69, 9.17) is 4.74 Å². The van der Waals surface area contributed by atoms with Crippen molar-refractivity contribution in [1.29, 1.82) is 0 Å². The van der Waals surface area contributed by atoms with Crippen molar-refractivity contribution in [3.63, 3.8) is 0 Å². The van der Waals surface area contributed by atoms with Crippen LogP contribution in [0.3, 0.4) is 0 Å². The van der Waals surface area contributed by atoms with E-state index in [1.807, 2.05) is 31.2 Å². The van der Waals surface area contributed by atoms with E-state index < -0.39 is 17.6 Å². The number of carbonyl (C=O) groups excluding carboxylic acids is 1. The van der Waals surface area contributed by atoms with E-state index >= 15 is 0 Å². The van der Waals surface area contributed by atoms with Crippen molar-refractivity contribution in [1.82, 2.24) is 15.5 Å². The van der Waals surface area contributed by atoms with Gasteiger partial charge in [-0.15, -0.1) is 0 Å². The minimum absolute atomic E-state index is 0.106. The average Bonchev–Trinajstić information content (AvgIpc) is 3.17. The first-order chi connectivity index (χ1) is 13.4. The fourth-order valence-electron chi connectivity index (χ4n) is 2.56. The Labute approximate surface area is 159 Å². The number of ether oxygens (including phenoxy) is 1. The van der Waals surface area contributed by atoms with Crippen molar-refractivity contribution in [2.24, 2.45) is 0 Å². The van der Waals surface area contributed by atoms with Gasteiger partial charge in [0.2, 0.25) is 0 Å². The molecule has 3 rings (SSSR count). The molecule has 1 amide bonds. The molecule has 3 aromatic rings. The summed E-state index contributed by atoms with van der Waals surface area (Å²) in [6.07, 6.45) is -4.38. The molecule has 0 aliphatic heterocycles. The first-order valence-electron chi connectivity index (χ1n) is 8.60. The van der Waals surface area contributed by atoms with Gasteiger partial charge in [0.25, 0.3) is 5.91 Å². The second kappa shape index (κ2) is 8.16. The molecule has 1 aromatic heterocycles. The Morgan fingerprint density at radius 2 is 1.79 bits per heavy atom. The molecule has 0 unspecified atom stereocenters. The summed E-state index contributed by atoms with van der Waals surface area (Å²) >= 11 is 0. The second-order valence-electron chi connectivity index (χ2n) is 6.00.